The zero-order valence-electron chi connectivity index (χ0n) is 13.5. The first-order chi connectivity index (χ1) is 10.4. The average molecular weight is 302 g/mol. The number of phenolic OH excluding ortho intramolecular Hbond substituents is 1. The van der Waals surface area contributed by atoms with Crippen molar-refractivity contribution in [2.24, 2.45) is 17.3 Å². The molecule has 0 aliphatic heterocycles. The van der Waals surface area contributed by atoms with Crippen LogP contribution >= 0.6 is 0 Å². The molecule has 2 fully saturated rings. The molecular weight excluding hydrogens is 276 g/mol. The maximum atomic E-state index is 12.2. The lowest BCUT2D eigenvalue weighted by molar-refractivity contribution is -0.131. The van der Waals surface area contributed by atoms with Crippen molar-refractivity contribution in [1.82, 2.24) is 0 Å². The maximum absolute atomic E-state index is 12.2. The van der Waals surface area contributed by atoms with Gasteiger partial charge in [0.1, 0.15) is 11.5 Å². The lowest BCUT2D eigenvalue weighted by Crippen LogP contribution is -2.44. The lowest BCUT2D eigenvalue weighted by Gasteiger charge is -2.43. The highest BCUT2D eigenvalue weighted by molar-refractivity contribution is 5.87. The van der Waals surface area contributed by atoms with E-state index in [2.05, 4.69) is 13.8 Å². The Morgan fingerprint density at radius 2 is 2.09 bits per heavy atom. The highest BCUT2D eigenvalue weighted by atomic mass is 16.3. The van der Waals surface area contributed by atoms with Gasteiger partial charge in [0, 0.05) is 11.8 Å². The number of benzene rings is 1. The van der Waals surface area contributed by atoms with Crippen molar-refractivity contribution < 1.29 is 15.0 Å². The van der Waals surface area contributed by atoms with Crippen molar-refractivity contribution in [1.29, 1.82) is 0 Å². The molecule has 0 bridgehead atoms. The molecule has 0 radical (unpaired) electrons. The number of carbonyl (C=O) groups excluding carboxylic acids is 1. The Bertz CT molecular complexity index is 580. The van der Waals surface area contributed by atoms with E-state index >= 15 is 0 Å². The lowest BCUT2D eigenvalue weighted by atomic mass is 9.62. The van der Waals surface area contributed by atoms with Crippen LogP contribution in [0.4, 0.5) is 0 Å². The van der Waals surface area contributed by atoms with Crippen LogP contribution in [0.15, 0.2) is 18.2 Å². The van der Waals surface area contributed by atoms with Gasteiger partial charge in [0.25, 0.3) is 0 Å². The molecule has 0 saturated heterocycles. The smallest absolute Gasteiger partial charge is 0.139 e. The number of rotatable bonds is 3. The Morgan fingerprint density at radius 1 is 1.32 bits per heavy atom. The fraction of sp³-hybridized carbons (Fsp3) is 0.632. The number of aliphatic hydroxyl groups excluding tert-OH is 1. The van der Waals surface area contributed by atoms with Crippen LogP contribution < -0.4 is 0 Å². The standard InChI is InChI=1S/C19H26O3/c1-12-3-5-14(20)11-13(12)4-6-15-16-7-8-18(22)19(16,2)10-9-17(15)21/h3,5,11,15-17,20-21H,4,6-10H2,1-2H3/t15-,16-,17-,19-/m0/s1. The van der Waals surface area contributed by atoms with Gasteiger partial charge in [0.05, 0.1) is 6.10 Å². The van der Waals surface area contributed by atoms with Gasteiger partial charge in [-0.2, -0.15) is 0 Å². The minimum Gasteiger partial charge on any atom is -0.508 e. The molecule has 0 aromatic heterocycles. The van der Waals surface area contributed by atoms with Crippen LogP contribution in [0.3, 0.4) is 0 Å². The second kappa shape index (κ2) is 5.69. The minimum atomic E-state index is -0.290. The summed E-state index contributed by atoms with van der Waals surface area (Å²) in [6.07, 6.45) is 4.62. The molecule has 0 unspecified atom stereocenters. The fourth-order valence-electron chi connectivity index (χ4n) is 4.68. The molecule has 3 nitrogen and oxygen atoms in total. The summed E-state index contributed by atoms with van der Waals surface area (Å²) in [6.45, 7) is 4.15. The van der Waals surface area contributed by atoms with E-state index in [-0.39, 0.29) is 17.4 Å². The number of ketones is 1. The summed E-state index contributed by atoms with van der Waals surface area (Å²) >= 11 is 0. The van der Waals surface area contributed by atoms with E-state index in [1.54, 1.807) is 6.07 Å². The molecule has 0 heterocycles. The van der Waals surface area contributed by atoms with E-state index in [9.17, 15) is 15.0 Å². The topological polar surface area (TPSA) is 57.5 Å². The number of Topliss-reactive ketones (excluding diaryl/α,β-unsaturated/α-hetero) is 1. The Labute approximate surface area is 132 Å². The Morgan fingerprint density at radius 3 is 2.86 bits per heavy atom. The maximum Gasteiger partial charge on any atom is 0.139 e. The number of fused-ring (bicyclic) bond motifs is 1. The molecule has 1 aromatic rings. The van der Waals surface area contributed by atoms with Gasteiger partial charge >= 0.3 is 0 Å². The van der Waals surface area contributed by atoms with E-state index in [1.165, 1.54) is 5.56 Å². The van der Waals surface area contributed by atoms with Gasteiger partial charge in [-0.05, 0) is 74.1 Å². The van der Waals surface area contributed by atoms with E-state index in [1.807, 2.05) is 12.1 Å². The number of hydrogen-bond donors (Lipinski definition) is 2. The zero-order chi connectivity index (χ0) is 15.9. The van der Waals surface area contributed by atoms with Crippen molar-refractivity contribution >= 4 is 5.78 Å². The minimum absolute atomic E-state index is 0.201. The molecule has 4 atom stereocenters. The van der Waals surface area contributed by atoms with Crippen molar-refractivity contribution in [3.05, 3.63) is 29.3 Å². The molecule has 1 aromatic carbocycles. The summed E-state index contributed by atoms with van der Waals surface area (Å²) in [5, 5.41) is 20.1. The number of carbonyl (C=O) groups is 1. The third kappa shape index (κ3) is 2.56. The van der Waals surface area contributed by atoms with Gasteiger partial charge in [0.15, 0.2) is 0 Å². The van der Waals surface area contributed by atoms with E-state index < -0.39 is 0 Å². The van der Waals surface area contributed by atoms with Gasteiger partial charge in [0.2, 0.25) is 0 Å². The second-order valence-corrected chi connectivity index (χ2v) is 7.41. The predicted molar refractivity (Wildman–Crippen MR) is 85.7 cm³/mol. The van der Waals surface area contributed by atoms with Crippen LogP contribution in [0.25, 0.3) is 0 Å². The van der Waals surface area contributed by atoms with Crippen LogP contribution in [0.5, 0.6) is 5.75 Å². The SMILES string of the molecule is Cc1ccc(O)cc1CC[C@@H]1[C@@H](O)CC[C@]2(C)C(=O)CC[C@@H]12. The predicted octanol–water partition coefficient (Wildman–Crippen LogP) is 3.39. The van der Waals surface area contributed by atoms with Gasteiger partial charge < -0.3 is 10.2 Å². The summed E-state index contributed by atoms with van der Waals surface area (Å²) in [5.74, 6) is 1.21. The summed E-state index contributed by atoms with van der Waals surface area (Å²) in [6, 6.07) is 5.47. The molecule has 0 spiro atoms. The first-order valence-electron chi connectivity index (χ1n) is 8.41. The van der Waals surface area contributed by atoms with Crippen LogP contribution in [-0.2, 0) is 11.2 Å². The van der Waals surface area contributed by atoms with Gasteiger partial charge in [-0.15, -0.1) is 0 Å². The van der Waals surface area contributed by atoms with Crippen LogP contribution in [0.1, 0.15) is 50.2 Å². The zero-order valence-corrected chi connectivity index (χ0v) is 13.5. The first kappa shape index (κ1) is 15.5. The number of aryl methyl sites for hydroxylation is 2. The van der Waals surface area contributed by atoms with E-state index in [0.717, 1.165) is 37.7 Å². The van der Waals surface area contributed by atoms with E-state index in [0.29, 0.717) is 23.9 Å². The highest BCUT2D eigenvalue weighted by Gasteiger charge is 2.53. The fourth-order valence-corrected chi connectivity index (χ4v) is 4.68. The third-order valence-electron chi connectivity index (χ3n) is 6.19. The molecule has 2 N–H and O–H groups in total. The van der Waals surface area contributed by atoms with Crippen LogP contribution in [0.2, 0.25) is 0 Å². The Hall–Kier alpha value is -1.35. The third-order valence-corrected chi connectivity index (χ3v) is 6.19. The molecule has 120 valence electrons. The average Bonchev–Trinajstić information content (AvgIpc) is 2.78. The molecule has 3 heteroatoms. The summed E-state index contributed by atoms with van der Waals surface area (Å²) in [4.78, 5) is 12.2. The normalized spacial score (nSPS) is 34.7. The molecule has 0 amide bonds. The van der Waals surface area contributed by atoms with Crippen molar-refractivity contribution in [3.63, 3.8) is 0 Å². The Balaban J connectivity index is 1.76. The van der Waals surface area contributed by atoms with E-state index in [4.69, 9.17) is 0 Å². The van der Waals surface area contributed by atoms with Crippen LogP contribution in [-0.4, -0.2) is 22.1 Å². The second-order valence-electron chi connectivity index (χ2n) is 7.41. The molecular formula is C19H26O3. The number of phenols is 1. The molecule has 22 heavy (non-hydrogen) atoms. The first-order valence-corrected chi connectivity index (χ1v) is 8.41. The van der Waals surface area contributed by atoms with Gasteiger partial charge in [-0.1, -0.05) is 13.0 Å². The summed E-state index contributed by atoms with van der Waals surface area (Å²) in [5.41, 5.74) is 2.11. The van der Waals surface area contributed by atoms with Crippen molar-refractivity contribution in [3.8, 4) is 5.75 Å². The van der Waals surface area contributed by atoms with Gasteiger partial charge in [-0.3, -0.25) is 4.79 Å². The monoisotopic (exact) mass is 302 g/mol. The summed E-state index contributed by atoms with van der Waals surface area (Å²) < 4.78 is 0. The van der Waals surface area contributed by atoms with Crippen molar-refractivity contribution in [2.45, 2.75) is 58.5 Å². The largest absolute Gasteiger partial charge is 0.508 e. The molecule has 2 aliphatic carbocycles. The molecule has 2 saturated carbocycles. The number of hydrogen-bond acceptors (Lipinski definition) is 3. The summed E-state index contributed by atoms with van der Waals surface area (Å²) in [7, 11) is 0. The molecule has 2 aliphatic rings. The Kier molecular flexibility index (Phi) is 4.02. The number of aromatic hydroxyl groups is 1. The van der Waals surface area contributed by atoms with Gasteiger partial charge in [-0.25, -0.2) is 0 Å². The number of aliphatic hydroxyl groups is 1. The van der Waals surface area contributed by atoms with Crippen LogP contribution in [0, 0.1) is 24.2 Å². The highest BCUT2D eigenvalue weighted by Crippen LogP contribution is 2.53. The van der Waals surface area contributed by atoms with Crippen molar-refractivity contribution in [2.75, 3.05) is 0 Å². The quantitative estimate of drug-likeness (QED) is 0.900. The molecule has 3 rings (SSSR count).